The van der Waals surface area contributed by atoms with Gasteiger partial charge in [-0.3, -0.25) is 0 Å². The van der Waals surface area contributed by atoms with Crippen LogP contribution < -0.4 is 4.13 Å². The summed E-state index contributed by atoms with van der Waals surface area (Å²) in [6, 6.07) is 0. The van der Waals surface area contributed by atoms with Crippen molar-refractivity contribution in [3.63, 3.8) is 0 Å². The molecule has 2 saturated heterocycles. The van der Waals surface area contributed by atoms with Crippen LogP contribution in [-0.4, -0.2) is 47.5 Å². The minimum absolute atomic E-state index is 0.0694. The minimum atomic E-state index is -5.49. The fraction of sp³-hybridized carbons (Fsp3) is 1.00. The molecule has 20 heavy (non-hydrogen) atoms. The summed E-state index contributed by atoms with van der Waals surface area (Å²) in [6.07, 6.45) is 5.96. The molecular formula is C10H21F2N2O4S2+. The predicted octanol–water partition coefficient (Wildman–Crippen LogP) is 1.03. The summed E-state index contributed by atoms with van der Waals surface area (Å²) >= 11 is 0. The van der Waals surface area contributed by atoms with Crippen LogP contribution in [0.2, 0.25) is 0 Å². The minimum Gasteiger partial charge on any atom is -0.323 e. The van der Waals surface area contributed by atoms with Gasteiger partial charge in [0.05, 0.1) is 26.2 Å². The van der Waals surface area contributed by atoms with E-state index in [1.807, 2.05) is 0 Å². The first-order valence-electron chi connectivity index (χ1n) is 6.54. The number of halogens is 2. The summed E-state index contributed by atoms with van der Waals surface area (Å²) < 4.78 is 60.8. The quantitative estimate of drug-likeness (QED) is 0.604. The number of hydrogen-bond acceptors (Lipinski definition) is 4. The molecule has 1 unspecified atom stereocenters. The van der Waals surface area contributed by atoms with Crippen LogP contribution in [0.5, 0.6) is 0 Å². The van der Waals surface area contributed by atoms with Crippen LogP contribution >= 0.6 is 0 Å². The van der Waals surface area contributed by atoms with Crippen LogP contribution in [0.3, 0.4) is 0 Å². The van der Waals surface area contributed by atoms with Gasteiger partial charge in [0.2, 0.25) is 0 Å². The maximum atomic E-state index is 11.1. The van der Waals surface area contributed by atoms with E-state index < -0.39 is 20.8 Å². The third kappa shape index (κ3) is 6.91. The molecule has 2 rings (SSSR count). The number of quaternary nitrogens is 1. The Labute approximate surface area is 119 Å². The van der Waals surface area contributed by atoms with Crippen LogP contribution in [0.25, 0.3) is 0 Å². The summed E-state index contributed by atoms with van der Waals surface area (Å²) in [4.78, 5) is 0. The number of hydrogen-bond donors (Lipinski definition) is 1. The van der Waals surface area contributed by atoms with Gasteiger partial charge >= 0.3 is 20.8 Å². The van der Waals surface area contributed by atoms with E-state index >= 15 is 0 Å². The van der Waals surface area contributed by atoms with Crippen molar-refractivity contribution in [1.82, 2.24) is 4.13 Å². The standard InChI is InChI=1S/C10H20N.F2HNO4S2/c1-10-5-4-8-11(9-10)6-2-3-7-11;1-8(4,5)3-9(2,6)7/h10H,2-9H2,1H3;3H/q+1;. The molecule has 0 radical (unpaired) electrons. The third-order valence-electron chi connectivity index (χ3n) is 3.74. The Balaban J connectivity index is 0.000000206. The zero-order valence-electron chi connectivity index (χ0n) is 11.4. The molecule has 1 spiro atoms. The number of rotatable bonds is 2. The Kier molecular flexibility index (Phi) is 5.88. The van der Waals surface area contributed by atoms with Gasteiger partial charge in [-0.25, -0.2) is 0 Å². The molecule has 2 aliphatic heterocycles. The second-order valence-corrected chi connectivity index (χ2v) is 8.03. The van der Waals surface area contributed by atoms with Gasteiger partial charge < -0.3 is 4.48 Å². The summed E-state index contributed by atoms with van der Waals surface area (Å²) in [5.74, 6) is 1.00. The molecule has 0 aliphatic carbocycles. The van der Waals surface area contributed by atoms with Gasteiger partial charge in [0, 0.05) is 18.8 Å². The van der Waals surface area contributed by atoms with Crippen molar-refractivity contribution in [2.24, 2.45) is 5.92 Å². The highest BCUT2D eigenvalue weighted by Crippen LogP contribution is 2.28. The third-order valence-corrected chi connectivity index (χ3v) is 5.33. The molecule has 120 valence electrons. The van der Waals surface area contributed by atoms with Crippen molar-refractivity contribution in [2.75, 3.05) is 26.2 Å². The molecule has 6 nitrogen and oxygen atoms in total. The molecule has 0 aromatic carbocycles. The van der Waals surface area contributed by atoms with Gasteiger partial charge in [0.25, 0.3) is 0 Å². The first-order valence-corrected chi connectivity index (χ1v) is 9.31. The molecule has 2 fully saturated rings. The lowest BCUT2D eigenvalue weighted by molar-refractivity contribution is -0.924. The summed E-state index contributed by atoms with van der Waals surface area (Å²) in [6.45, 7) is 8.39. The van der Waals surface area contributed by atoms with Crippen molar-refractivity contribution in [1.29, 1.82) is 0 Å². The van der Waals surface area contributed by atoms with E-state index in [1.165, 1.54) is 56.3 Å². The molecule has 10 heteroatoms. The van der Waals surface area contributed by atoms with Crippen LogP contribution in [-0.2, 0) is 20.8 Å². The average Bonchev–Trinajstić information content (AvgIpc) is 2.61. The van der Waals surface area contributed by atoms with Crippen molar-refractivity contribution in [2.45, 2.75) is 32.6 Å². The molecule has 0 bridgehead atoms. The predicted molar refractivity (Wildman–Crippen MR) is 70.6 cm³/mol. The smallest absolute Gasteiger partial charge is 0.323 e. The SMILES string of the molecule is CC1CCC[N+]2(CCCC2)C1.O=S(=O)(F)NS(=O)(=O)F. The molecule has 1 N–H and O–H groups in total. The van der Waals surface area contributed by atoms with Crippen molar-refractivity contribution >= 4 is 20.8 Å². The normalized spacial score (nSPS) is 26.1. The molecule has 1 atom stereocenters. The van der Waals surface area contributed by atoms with Crippen LogP contribution in [0, 0.1) is 5.92 Å². The van der Waals surface area contributed by atoms with Gasteiger partial charge in [-0.15, -0.1) is 0 Å². The fourth-order valence-electron chi connectivity index (χ4n) is 3.15. The first-order chi connectivity index (χ1) is 9.02. The largest absolute Gasteiger partial charge is 0.387 e. The molecule has 2 aliphatic rings. The van der Waals surface area contributed by atoms with Crippen molar-refractivity contribution < 1.29 is 29.1 Å². The van der Waals surface area contributed by atoms with Gasteiger partial charge in [-0.2, -0.15) is 16.8 Å². The Hall–Kier alpha value is -0.320. The van der Waals surface area contributed by atoms with Crippen LogP contribution in [0.4, 0.5) is 7.77 Å². The highest BCUT2D eigenvalue weighted by atomic mass is 32.3. The zero-order chi connectivity index (χ0) is 15.4. The van der Waals surface area contributed by atoms with Gasteiger partial charge in [-0.1, -0.05) is 18.8 Å². The zero-order valence-corrected chi connectivity index (χ0v) is 13.0. The fourth-order valence-corrected chi connectivity index (χ4v) is 4.10. The number of nitrogens with zero attached hydrogens (tertiary/aromatic N) is 1. The topological polar surface area (TPSA) is 80.3 Å². The lowest BCUT2D eigenvalue weighted by Gasteiger charge is -2.40. The van der Waals surface area contributed by atoms with Gasteiger partial charge in [0.15, 0.2) is 0 Å². The molecule has 2 heterocycles. The molecule has 0 aromatic rings. The molecule has 0 amide bonds. The Morgan fingerprint density at radius 3 is 1.75 bits per heavy atom. The van der Waals surface area contributed by atoms with Crippen LogP contribution in [0.15, 0.2) is 0 Å². The van der Waals surface area contributed by atoms with Gasteiger partial charge in [0.1, 0.15) is 0 Å². The van der Waals surface area contributed by atoms with E-state index in [0.29, 0.717) is 0 Å². The number of nitrogens with one attached hydrogen (secondary N) is 1. The van der Waals surface area contributed by atoms with E-state index in [9.17, 15) is 24.6 Å². The molecule has 0 saturated carbocycles. The second kappa shape index (κ2) is 6.63. The van der Waals surface area contributed by atoms with E-state index in [4.69, 9.17) is 0 Å². The summed E-state index contributed by atoms with van der Waals surface area (Å²) in [5.41, 5.74) is 0. The van der Waals surface area contributed by atoms with Gasteiger partial charge in [-0.05, 0) is 12.8 Å². The van der Waals surface area contributed by atoms with E-state index in [0.717, 1.165) is 5.92 Å². The molecular weight excluding hydrogens is 314 g/mol. The van der Waals surface area contributed by atoms with Crippen molar-refractivity contribution in [3.05, 3.63) is 0 Å². The lowest BCUT2D eigenvalue weighted by Crippen LogP contribution is -2.51. The summed E-state index contributed by atoms with van der Waals surface area (Å²) in [7, 11) is -11.0. The Bertz CT molecular complexity index is 485. The molecule has 0 aromatic heterocycles. The number of piperidine rings is 1. The lowest BCUT2D eigenvalue weighted by atomic mass is 9.98. The van der Waals surface area contributed by atoms with Crippen molar-refractivity contribution in [3.8, 4) is 0 Å². The first kappa shape index (κ1) is 17.7. The van der Waals surface area contributed by atoms with Crippen LogP contribution in [0.1, 0.15) is 32.6 Å². The van der Waals surface area contributed by atoms with E-state index in [2.05, 4.69) is 6.92 Å². The maximum absolute atomic E-state index is 11.1. The average molecular weight is 335 g/mol. The monoisotopic (exact) mass is 335 g/mol. The van der Waals surface area contributed by atoms with E-state index in [-0.39, 0.29) is 4.13 Å². The Morgan fingerprint density at radius 1 is 0.950 bits per heavy atom. The second-order valence-electron chi connectivity index (χ2n) is 5.61. The maximum Gasteiger partial charge on any atom is 0.387 e. The highest BCUT2D eigenvalue weighted by molar-refractivity contribution is 7.99. The van der Waals surface area contributed by atoms with E-state index in [1.54, 1.807) is 0 Å². The highest BCUT2D eigenvalue weighted by Gasteiger charge is 2.35. The summed E-state index contributed by atoms with van der Waals surface area (Å²) in [5, 5.41) is 0. The Morgan fingerprint density at radius 2 is 1.40 bits per heavy atom.